The van der Waals surface area contributed by atoms with E-state index < -0.39 is 16.6 Å². The van der Waals surface area contributed by atoms with Crippen molar-refractivity contribution >= 4 is 11.6 Å². The third-order valence-corrected chi connectivity index (χ3v) is 4.72. The number of amides is 1. The van der Waals surface area contributed by atoms with Crippen LogP contribution in [0, 0.1) is 15.5 Å². The lowest BCUT2D eigenvalue weighted by molar-refractivity contribution is -0.385. The van der Waals surface area contributed by atoms with Gasteiger partial charge in [-0.3, -0.25) is 14.9 Å². The minimum absolute atomic E-state index is 0.0273. The second-order valence-corrected chi connectivity index (χ2v) is 7.12. The summed E-state index contributed by atoms with van der Waals surface area (Å²) >= 11 is 0. The molecule has 0 aliphatic carbocycles. The van der Waals surface area contributed by atoms with Crippen molar-refractivity contribution in [3.8, 4) is 11.5 Å². The Bertz CT molecular complexity index is 729. The SMILES string of the molecule is COc1cc(C(=O)N2CC3(COC(C)(C)OC3)C2)c([N+](=O)[O-])cc1OC. The number of hydrogen-bond acceptors (Lipinski definition) is 7. The van der Waals surface area contributed by atoms with E-state index in [0.29, 0.717) is 26.3 Å². The minimum atomic E-state index is -0.627. The van der Waals surface area contributed by atoms with E-state index in [2.05, 4.69) is 0 Å². The molecule has 0 aromatic heterocycles. The number of benzene rings is 1. The van der Waals surface area contributed by atoms with Crippen LogP contribution in [0.3, 0.4) is 0 Å². The van der Waals surface area contributed by atoms with Gasteiger partial charge in [-0.2, -0.15) is 0 Å². The van der Waals surface area contributed by atoms with E-state index in [1.807, 2.05) is 13.8 Å². The molecule has 3 rings (SSSR count). The van der Waals surface area contributed by atoms with Gasteiger partial charge in [-0.05, 0) is 13.8 Å². The second kappa shape index (κ2) is 6.40. The van der Waals surface area contributed by atoms with Gasteiger partial charge in [-0.15, -0.1) is 0 Å². The molecule has 2 fully saturated rings. The molecular weight excluding hydrogens is 344 g/mol. The third-order valence-electron chi connectivity index (χ3n) is 4.72. The fourth-order valence-electron chi connectivity index (χ4n) is 3.19. The third kappa shape index (κ3) is 3.19. The lowest BCUT2D eigenvalue weighted by Gasteiger charge is -2.53. The van der Waals surface area contributed by atoms with E-state index in [4.69, 9.17) is 18.9 Å². The van der Waals surface area contributed by atoms with Crippen LogP contribution < -0.4 is 9.47 Å². The van der Waals surface area contributed by atoms with Gasteiger partial charge in [0, 0.05) is 19.2 Å². The minimum Gasteiger partial charge on any atom is -0.493 e. The maximum Gasteiger partial charge on any atom is 0.286 e. The predicted molar refractivity (Wildman–Crippen MR) is 90.5 cm³/mol. The average Bonchev–Trinajstić information content (AvgIpc) is 2.58. The van der Waals surface area contributed by atoms with E-state index in [9.17, 15) is 14.9 Å². The number of rotatable bonds is 4. The normalized spacial score (nSPS) is 20.4. The van der Waals surface area contributed by atoms with Crippen molar-refractivity contribution in [3.05, 3.63) is 27.8 Å². The van der Waals surface area contributed by atoms with Crippen molar-refractivity contribution in [2.75, 3.05) is 40.5 Å². The molecule has 9 nitrogen and oxygen atoms in total. The van der Waals surface area contributed by atoms with Crippen LogP contribution in [0.1, 0.15) is 24.2 Å². The molecule has 2 heterocycles. The van der Waals surface area contributed by atoms with Crippen LogP contribution in [-0.2, 0) is 9.47 Å². The Kier molecular flexibility index (Phi) is 4.53. The van der Waals surface area contributed by atoms with E-state index in [0.717, 1.165) is 0 Å². The number of nitrogens with zero attached hydrogens (tertiary/aromatic N) is 2. The molecule has 0 atom stereocenters. The predicted octanol–water partition coefficient (Wildman–Crippen LogP) is 1.84. The molecule has 1 spiro atoms. The molecule has 0 N–H and O–H groups in total. The summed E-state index contributed by atoms with van der Waals surface area (Å²) in [5, 5.41) is 11.4. The first-order valence-corrected chi connectivity index (χ1v) is 8.18. The van der Waals surface area contributed by atoms with Gasteiger partial charge in [-0.25, -0.2) is 0 Å². The van der Waals surface area contributed by atoms with Gasteiger partial charge in [0.15, 0.2) is 17.3 Å². The van der Waals surface area contributed by atoms with Crippen molar-refractivity contribution in [2.45, 2.75) is 19.6 Å². The summed E-state index contributed by atoms with van der Waals surface area (Å²) in [6, 6.07) is 2.55. The Labute approximate surface area is 150 Å². The number of carbonyl (C=O) groups is 1. The summed E-state index contributed by atoms with van der Waals surface area (Å²) in [5.74, 6) is -0.583. The van der Waals surface area contributed by atoms with Gasteiger partial charge < -0.3 is 23.8 Å². The highest BCUT2D eigenvalue weighted by atomic mass is 16.7. The molecule has 0 saturated carbocycles. The average molecular weight is 366 g/mol. The van der Waals surface area contributed by atoms with Gasteiger partial charge in [0.25, 0.3) is 11.6 Å². The Morgan fingerprint density at radius 2 is 1.69 bits per heavy atom. The topological polar surface area (TPSA) is 100 Å². The molecule has 1 aromatic rings. The highest BCUT2D eigenvalue weighted by molar-refractivity contribution is 5.99. The van der Waals surface area contributed by atoms with Crippen LogP contribution in [0.2, 0.25) is 0 Å². The monoisotopic (exact) mass is 366 g/mol. The van der Waals surface area contributed by atoms with Gasteiger partial charge in [0.2, 0.25) is 0 Å². The number of nitro benzene ring substituents is 1. The molecule has 9 heteroatoms. The van der Waals surface area contributed by atoms with Crippen LogP contribution in [0.4, 0.5) is 5.69 Å². The van der Waals surface area contributed by atoms with E-state index in [-0.39, 0.29) is 28.2 Å². The number of nitro groups is 1. The molecule has 26 heavy (non-hydrogen) atoms. The van der Waals surface area contributed by atoms with Crippen LogP contribution in [0.15, 0.2) is 12.1 Å². The zero-order valence-electron chi connectivity index (χ0n) is 15.2. The van der Waals surface area contributed by atoms with Gasteiger partial charge in [0.1, 0.15) is 5.56 Å². The first kappa shape index (κ1) is 18.4. The molecule has 142 valence electrons. The smallest absolute Gasteiger partial charge is 0.286 e. The molecule has 0 unspecified atom stereocenters. The molecule has 0 radical (unpaired) electrons. The fourth-order valence-corrected chi connectivity index (χ4v) is 3.19. The van der Waals surface area contributed by atoms with Crippen molar-refractivity contribution in [1.29, 1.82) is 0 Å². The van der Waals surface area contributed by atoms with Crippen LogP contribution in [0.5, 0.6) is 11.5 Å². The Hall–Kier alpha value is -2.39. The Balaban J connectivity index is 1.80. The number of ether oxygens (including phenoxy) is 4. The summed E-state index contributed by atoms with van der Waals surface area (Å²) in [6.07, 6.45) is 0. The maximum atomic E-state index is 12.8. The maximum absolute atomic E-state index is 12.8. The zero-order chi connectivity index (χ0) is 19.1. The van der Waals surface area contributed by atoms with E-state index in [1.165, 1.54) is 26.4 Å². The molecule has 2 saturated heterocycles. The van der Waals surface area contributed by atoms with Crippen LogP contribution in [0.25, 0.3) is 0 Å². The summed E-state index contributed by atoms with van der Waals surface area (Å²) in [5.41, 5.74) is -0.595. The number of methoxy groups -OCH3 is 2. The highest BCUT2D eigenvalue weighted by Crippen LogP contribution is 2.40. The molecule has 2 aliphatic heterocycles. The van der Waals surface area contributed by atoms with Gasteiger partial charge >= 0.3 is 0 Å². The first-order valence-electron chi connectivity index (χ1n) is 8.18. The fraction of sp³-hybridized carbons (Fsp3) is 0.588. The summed E-state index contributed by atoms with van der Waals surface area (Å²) in [6.45, 7) is 5.50. The molecule has 1 aromatic carbocycles. The lowest BCUT2D eigenvalue weighted by Crippen LogP contribution is -2.65. The van der Waals surface area contributed by atoms with Crippen molar-refractivity contribution in [2.24, 2.45) is 5.41 Å². The molecular formula is C17H22N2O7. The second-order valence-electron chi connectivity index (χ2n) is 7.12. The molecule has 1 amide bonds. The van der Waals surface area contributed by atoms with Crippen molar-refractivity contribution in [1.82, 2.24) is 4.90 Å². The van der Waals surface area contributed by atoms with Crippen LogP contribution >= 0.6 is 0 Å². The Morgan fingerprint density at radius 1 is 1.15 bits per heavy atom. The van der Waals surface area contributed by atoms with Gasteiger partial charge in [-0.1, -0.05) is 0 Å². The lowest BCUT2D eigenvalue weighted by atomic mass is 9.80. The standard InChI is InChI=1S/C17H22N2O7/c1-16(2)25-9-17(10-26-16)7-18(8-17)15(20)11-5-13(23-3)14(24-4)6-12(11)19(21)22/h5-6H,7-10H2,1-4H3. The number of carbonyl (C=O) groups excluding carboxylic acids is 1. The van der Waals surface area contributed by atoms with Crippen molar-refractivity contribution < 1.29 is 28.7 Å². The highest BCUT2D eigenvalue weighted by Gasteiger charge is 2.50. The summed E-state index contributed by atoms with van der Waals surface area (Å²) < 4.78 is 21.6. The van der Waals surface area contributed by atoms with E-state index >= 15 is 0 Å². The van der Waals surface area contributed by atoms with E-state index in [1.54, 1.807) is 4.90 Å². The number of hydrogen-bond donors (Lipinski definition) is 0. The largest absolute Gasteiger partial charge is 0.493 e. The summed E-state index contributed by atoms with van der Waals surface area (Å²) in [7, 11) is 2.79. The Morgan fingerprint density at radius 3 is 2.19 bits per heavy atom. The first-order chi connectivity index (χ1) is 12.2. The summed E-state index contributed by atoms with van der Waals surface area (Å²) in [4.78, 5) is 25.2. The molecule has 2 aliphatic rings. The number of likely N-dealkylation sites (tertiary alicyclic amines) is 1. The van der Waals surface area contributed by atoms with Crippen LogP contribution in [-0.4, -0.2) is 62.0 Å². The molecule has 0 bridgehead atoms. The van der Waals surface area contributed by atoms with Gasteiger partial charge in [0.05, 0.1) is 43.8 Å². The quantitative estimate of drug-likeness (QED) is 0.592. The zero-order valence-corrected chi connectivity index (χ0v) is 15.2. The van der Waals surface area contributed by atoms with Crippen molar-refractivity contribution in [3.63, 3.8) is 0 Å².